The molecule has 3 aromatic rings. The van der Waals surface area contributed by atoms with Crippen molar-refractivity contribution in [3.8, 4) is 11.4 Å². The molecule has 2 N–H and O–H groups in total. The number of carbonyl (C=O) groups is 1. The van der Waals surface area contributed by atoms with Crippen LogP contribution in [0.3, 0.4) is 0 Å². The van der Waals surface area contributed by atoms with Crippen molar-refractivity contribution >= 4 is 17.7 Å². The Morgan fingerprint density at radius 3 is 2.50 bits per heavy atom. The molecular formula is C17H12F4N6O. The van der Waals surface area contributed by atoms with E-state index in [1.807, 2.05) is 0 Å². The zero-order valence-electron chi connectivity index (χ0n) is 14.3. The Bertz CT molecular complexity index is 1060. The van der Waals surface area contributed by atoms with Gasteiger partial charge in [-0.1, -0.05) is 0 Å². The van der Waals surface area contributed by atoms with Crippen molar-refractivity contribution < 1.29 is 22.4 Å². The molecule has 7 nitrogen and oxygen atoms in total. The van der Waals surface area contributed by atoms with Crippen LogP contribution in [0.1, 0.15) is 16.8 Å². The molecule has 0 saturated carbocycles. The summed E-state index contributed by atoms with van der Waals surface area (Å²) in [5.74, 6) is -1.71. The number of hydrogen-bond donors (Lipinski definition) is 1. The lowest BCUT2D eigenvalue weighted by Gasteiger charge is -2.09. The minimum Gasteiger partial charge on any atom is -0.365 e. The topological polar surface area (TPSA) is 99.6 Å². The van der Waals surface area contributed by atoms with Gasteiger partial charge in [0.05, 0.1) is 29.2 Å². The summed E-state index contributed by atoms with van der Waals surface area (Å²) < 4.78 is 53.0. The highest BCUT2D eigenvalue weighted by Gasteiger charge is 2.31. The number of alkyl halides is 3. The van der Waals surface area contributed by atoms with Gasteiger partial charge >= 0.3 is 6.18 Å². The first-order valence-electron chi connectivity index (χ1n) is 7.73. The first-order valence-corrected chi connectivity index (χ1v) is 7.73. The number of nitrogens with zero attached hydrogens (tertiary/aromatic N) is 5. The summed E-state index contributed by atoms with van der Waals surface area (Å²) in [5, 5.41) is 4.04. The van der Waals surface area contributed by atoms with Gasteiger partial charge in [0.2, 0.25) is 5.95 Å². The fraction of sp³-hybridized carbons (Fsp3) is 0.118. The van der Waals surface area contributed by atoms with Gasteiger partial charge in [-0.25, -0.2) is 19.6 Å². The predicted molar refractivity (Wildman–Crippen MR) is 90.5 cm³/mol. The molecule has 0 aliphatic rings. The summed E-state index contributed by atoms with van der Waals surface area (Å²) in [5.41, 5.74) is 4.89. The molecule has 0 aliphatic carbocycles. The van der Waals surface area contributed by atoms with E-state index in [9.17, 15) is 22.4 Å². The number of primary amides is 1. The van der Waals surface area contributed by atoms with Gasteiger partial charge in [-0.05, 0) is 30.7 Å². The van der Waals surface area contributed by atoms with Crippen LogP contribution in [0.25, 0.3) is 23.2 Å². The minimum absolute atomic E-state index is 0.000799. The second-order valence-corrected chi connectivity index (χ2v) is 5.77. The maximum Gasteiger partial charge on any atom is 0.416 e. The molecule has 0 saturated heterocycles. The fourth-order valence-corrected chi connectivity index (χ4v) is 2.38. The van der Waals surface area contributed by atoms with E-state index in [1.165, 1.54) is 25.5 Å². The van der Waals surface area contributed by atoms with E-state index in [4.69, 9.17) is 5.73 Å². The summed E-state index contributed by atoms with van der Waals surface area (Å²) in [6.45, 7) is 1.52. The summed E-state index contributed by atoms with van der Waals surface area (Å²) in [6, 6.07) is 3.44. The molecule has 3 rings (SSSR count). The van der Waals surface area contributed by atoms with Crippen LogP contribution in [-0.4, -0.2) is 30.6 Å². The molecule has 0 fully saturated rings. The first kappa shape index (κ1) is 19.1. The molecule has 28 heavy (non-hydrogen) atoms. The average molecular weight is 392 g/mol. The fourth-order valence-electron chi connectivity index (χ4n) is 2.38. The summed E-state index contributed by atoms with van der Waals surface area (Å²) in [4.78, 5) is 22.7. The Morgan fingerprint density at radius 1 is 1.14 bits per heavy atom. The second-order valence-electron chi connectivity index (χ2n) is 5.77. The van der Waals surface area contributed by atoms with E-state index in [0.29, 0.717) is 5.56 Å². The Balaban J connectivity index is 1.99. The van der Waals surface area contributed by atoms with Crippen LogP contribution in [0.2, 0.25) is 0 Å². The lowest BCUT2D eigenvalue weighted by atomic mass is 10.1. The Morgan fingerprint density at radius 2 is 1.89 bits per heavy atom. The lowest BCUT2D eigenvalue weighted by molar-refractivity contribution is -0.137. The van der Waals surface area contributed by atoms with E-state index in [2.05, 4.69) is 20.1 Å². The highest BCUT2D eigenvalue weighted by Crippen LogP contribution is 2.32. The van der Waals surface area contributed by atoms with Gasteiger partial charge in [-0.2, -0.15) is 17.6 Å². The Hall–Kier alpha value is -3.63. The number of halogens is 4. The van der Waals surface area contributed by atoms with Crippen LogP contribution in [0, 0.1) is 12.9 Å². The van der Waals surface area contributed by atoms with Gasteiger partial charge in [0.25, 0.3) is 5.91 Å². The smallest absolute Gasteiger partial charge is 0.365 e. The van der Waals surface area contributed by atoms with Crippen LogP contribution in [0.5, 0.6) is 0 Å². The molecule has 1 amide bonds. The molecule has 0 unspecified atom stereocenters. The molecule has 11 heteroatoms. The number of nitrogens with two attached hydrogens (primary N) is 1. The maximum atomic E-state index is 13.0. The van der Waals surface area contributed by atoms with Crippen molar-refractivity contribution in [1.82, 2.24) is 24.7 Å². The minimum atomic E-state index is -4.51. The standard InChI is InChI=1S/C17H12F4N6O/c1-9-2-10(4-11(3-9)17(19,20)21)16-25-8-27(26-16)7-12(15(22)28)13-5-24-14(18)6-23-13/h2-8H,1H3,(H2,22,28)/b12-7-. The van der Waals surface area contributed by atoms with Crippen LogP contribution in [0.4, 0.5) is 17.6 Å². The van der Waals surface area contributed by atoms with Crippen LogP contribution in [0.15, 0.2) is 36.9 Å². The van der Waals surface area contributed by atoms with Crippen molar-refractivity contribution in [2.75, 3.05) is 0 Å². The average Bonchev–Trinajstić information content (AvgIpc) is 3.08. The highest BCUT2D eigenvalue weighted by molar-refractivity contribution is 6.21. The molecule has 0 bridgehead atoms. The van der Waals surface area contributed by atoms with Gasteiger partial charge in [0, 0.05) is 11.8 Å². The molecule has 2 aromatic heterocycles. The van der Waals surface area contributed by atoms with Gasteiger partial charge in [-0.15, -0.1) is 5.10 Å². The summed E-state index contributed by atoms with van der Waals surface area (Å²) in [6.07, 6.45) is -0.333. The Kier molecular flexibility index (Phi) is 4.91. The van der Waals surface area contributed by atoms with E-state index in [0.717, 1.165) is 29.2 Å². The maximum absolute atomic E-state index is 13.0. The number of benzene rings is 1. The van der Waals surface area contributed by atoms with E-state index in [-0.39, 0.29) is 22.7 Å². The van der Waals surface area contributed by atoms with Gasteiger partial charge in [0.1, 0.15) is 6.33 Å². The number of rotatable bonds is 4. The predicted octanol–water partition coefficient (Wildman–Crippen LogP) is 2.68. The largest absolute Gasteiger partial charge is 0.416 e. The molecule has 0 aliphatic heterocycles. The van der Waals surface area contributed by atoms with Crippen molar-refractivity contribution in [2.24, 2.45) is 5.73 Å². The van der Waals surface area contributed by atoms with Crippen molar-refractivity contribution in [3.05, 3.63) is 59.7 Å². The van der Waals surface area contributed by atoms with Crippen LogP contribution in [-0.2, 0) is 11.0 Å². The summed E-state index contributed by atoms with van der Waals surface area (Å²) >= 11 is 0. The number of amides is 1. The van der Waals surface area contributed by atoms with Crippen molar-refractivity contribution in [1.29, 1.82) is 0 Å². The third kappa shape index (κ3) is 4.19. The zero-order chi connectivity index (χ0) is 20.5. The SMILES string of the molecule is Cc1cc(-c2ncn(/C=C(\C(N)=O)c3cnc(F)cn3)n2)cc(C(F)(F)F)c1. The van der Waals surface area contributed by atoms with E-state index >= 15 is 0 Å². The highest BCUT2D eigenvalue weighted by atomic mass is 19.4. The monoisotopic (exact) mass is 392 g/mol. The van der Waals surface area contributed by atoms with Crippen LogP contribution >= 0.6 is 0 Å². The van der Waals surface area contributed by atoms with E-state index < -0.39 is 23.6 Å². The summed E-state index contributed by atoms with van der Waals surface area (Å²) in [7, 11) is 0. The van der Waals surface area contributed by atoms with Gasteiger partial charge in [-0.3, -0.25) is 4.79 Å². The lowest BCUT2D eigenvalue weighted by Crippen LogP contribution is -2.15. The number of carbonyl (C=O) groups excluding carboxylic acids is 1. The third-order valence-electron chi connectivity index (χ3n) is 3.59. The van der Waals surface area contributed by atoms with Crippen LogP contribution < -0.4 is 5.73 Å². The molecular weight excluding hydrogens is 380 g/mol. The normalized spacial score (nSPS) is 12.2. The first-order chi connectivity index (χ1) is 13.1. The quantitative estimate of drug-likeness (QED) is 0.544. The van der Waals surface area contributed by atoms with Crippen molar-refractivity contribution in [2.45, 2.75) is 13.1 Å². The molecule has 0 atom stereocenters. The molecule has 2 heterocycles. The number of hydrogen-bond acceptors (Lipinski definition) is 5. The van der Waals surface area contributed by atoms with Gasteiger partial charge < -0.3 is 5.73 Å². The molecule has 0 radical (unpaired) electrons. The number of aryl methyl sites for hydroxylation is 1. The third-order valence-corrected chi connectivity index (χ3v) is 3.59. The molecule has 0 spiro atoms. The molecule has 1 aromatic carbocycles. The van der Waals surface area contributed by atoms with Crippen molar-refractivity contribution in [3.63, 3.8) is 0 Å². The van der Waals surface area contributed by atoms with Gasteiger partial charge in [0.15, 0.2) is 5.82 Å². The van der Waals surface area contributed by atoms with E-state index in [1.54, 1.807) is 0 Å². The zero-order valence-corrected chi connectivity index (χ0v) is 14.3. The molecule has 144 valence electrons. The second kappa shape index (κ2) is 7.18. The number of aromatic nitrogens is 5. The Labute approximate surface area is 155 Å².